The van der Waals surface area contributed by atoms with Crippen LogP contribution in [0, 0.1) is 0 Å². The smallest absolute Gasteiger partial charge is 0.772 e. The van der Waals surface area contributed by atoms with Crippen LogP contribution < -0.4 is 19.6 Å². The molecular formula is O8P4Ti. The van der Waals surface area contributed by atoms with Crippen molar-refractivity contribution in [3.05, 3.63) is 0 Å². The van der Waals surface area contributed by atoms with E-state index in [1.807, 2.05) is 0 Å². The summed E-state index contributed by atoms with van der Waals surface area (Å²) < 4.78 is 33.4. The predicted octanol–water partition coefficient (Wildman–Crippen LogP) is -1.79. The summed E-state index contributed by atoms with van der Waals surface area (Å²) in [5.41, 5.74) is 0. The van der Waals surface area contributed by atoms with Gasteiger partial charge in [0.2, 0.25) is 0 Å². The Balaban J connectivity index is -0.0000000213. The average molecular weight is 300 g/mol. The molecule has 0 aliphatic rings. The molecule has 0 N–H and O–H groups in total. The zero-order valence-corrected chi connectivity index (χ0v) is 10.7. The van der Waals surface area contributed by atoms with Crippen molar-refractivity contribution in [2.45, 2.75) is 0 Å². The van der Waals surface area contributed by atoms with Crippen LogP contribution in [0.3, 0.4) is 0 Å². The Morgan fingerprint density at radius 2 is 0.538 bits per heavy atom. The second kappa shape index (κ2) is 75.4. The topological polar surface area (TPSA) is 161 Å². The van der Waals surface area contributed by atoms with E-state index in [2.05, 4.69) is 0 Å². The molecule has 0 aromatic rings. The fourth-order valence-electron chi connectivity index (χ4n) is 0. The Morgan fingerprint density at radius 3 is 0.538 bits per heavy atom. The first kappa shape index (κ1) is 29.2. The van der Waals surface area contributed by atoms with E-state index >= 15 is 0 Å². The minimum atomic E-state index is -1.08. The van der Waals surface area contributed by atoms with Crippen LogP contribution in [0.15, 0.2) is 0 Å². The summed E-state index contributed by atoms with van der Waals surface area (Å²) in [6.07, 6.45) is 0. The van der Waals surface area contributed by atoms with Crippen LogP contribution in [0.1, 0.15) is 0 Å². The van der Waals surface area contributed by atoms with Crippen LogP contribution in [0.5, 0.6) is 0 Å². The van der Waals surface area contributed by atoms with E-state index in [1.165, 1.54) is 0 Å². The Kier molecular flexibility index (Phi) is 169. The van der Waals surface area contributed by atoms with Crippen molar-refractivity contribution < 1.29 is 59.6 Å². The zero-order valence-electron chi connectivity index (χ0n) is 5.55. The van der Waals surface area contributed by atoms with Gasteiger partial charge < -0.3 is 19.6 Å². The molecule has 0 spiro atoms. The van der Waals surface area contributed by atoms with Crippen LogP contribution in [0.2, 0.25) is 0 Å². The van der Waals surface area contributed by atoms with E-state index in [9.17, 15) is 0 Å². The van der Waals surface area contributed by atoms with Crippen molar-refractivity contribution in [1.29, 1.82) is 0 Å². The van der Waals surface area contributed by atoms with Gasteiger partial charge in [-0.1, -0.05) is 0 Å². The van der Waals surface area contributed by atoms with E-state index in [4.69, 9.17) is 37.8 Å². The summed E-state index contributed by atoms with van der Waals surface area (Å²) in [4.78, 5) is 33.4. The van der Waals surface area contributed by atoms with Gasteiger partial charge in [-0.3, -0.25) is 18.3 Å². The van der Waals surface area contributed by atoms with E-state index in [-0.39, 0.29) is 21.7 Å². The van der Waals surface area contributed by atoms with Gasteiger partial charge in [0.1, 0.15) is 0 Å². The van der Waals surface area contributed by atoms with Gasteiger partial charge in [-0.05, 0) is 0 Å². The fourth-order valence-corrected chi connectivity index (χ4v) is 0. The summed E-state index contributed by atoms with van der Waals surface area (Å²) in [6, 6.07) is 0. The quantitative estimate of drug-likeness (QED) is 0.374. The van der Waals surface area contributed by atoms with Gasteiger partial charge in [0.25, 0.3) is 0 Å². The standard InChI is InChI=1S/4HO2P.Ti/c4*1-3-2;/h4*(H,1,2);/q;;;;+4/p-4. The maximum absolute atomic E-state index is 8.35. The summed E-state index contributed by atoms with van der Waals surface area (Å²) in [5.74, 6) is 0. The van der Waals surface area contributed by atoms with Crippen molar-refractivity contribution >= 4 is 34.7 Å². The molecule has 0 aliphatic carbocycles. The van der Waals surface area contributed by atoms with Crippen molar-refractivity contribution in [2.24, 2.45) is 0 Å². The predicted molar refractivity (Wildman–Crippen MR) is 30.4 cm³/mol. The monoisotopic (exact) mass is 300 g/mol. The molecular weight excluding hydrogens is 300 g/mol. The molecule has 0 atom stereocenters. The van der Waals surface area contributed by atoms with Crippen LogP contribution in [-0.4, -0.2) is 0 Å². The van der Waals surface area contributed by atoms with Gasteiger partial charge in [-0.15, -0.1) is 0 Å². The van der Waals surface area contributed by atoms with Crippen molar-refractivity contribution in [3.8, 4) is 0 Å². The van der Waals surface area contributed by atoms with Gasteiger partial charge in [-0.25, -0.2) is 0 Å². The third-order valence-corrected chi connectivity index (χ3v) is 0. The second-order valence-corrected chi connectivity index (χ2v) is 0.894. The van der Waals surface area contributed by atoms with Crippen LogP contribution in [0.4, 0.5) is 0 Å². The number of hydrogen-bond acceptors (Lipinski definition) is 8. The first-order chi connectivity index (χ1) is 5.66. The molecule has 0 amide bonds. The van der Waals surface area contributed by atoms with Crippen LogP contribution >= 0.6 is 34.7 Å². The maximum Gasteiger partial charge on any atom is 4.00 e. The molecule has 0 unspecified atom stereocenters. The van der Waals surface area contributed by atoms with Gasteiger partial charge in [0.05, 0.1) is 34.7 Å². The van der Waals surface area contributed by atoms with Crippen LogP contribution in [0.25, 0.3) is 0 Å². The fraction of sp³-hybridized carbons (Fsp3) is 0. The molecule has 0 aromatic carbocycles. The number of rotatable bonds is 0. The van der Waals surface area contributed by atoms with E-state index in [1.54, 1.807) is 0 Å². The molecule has 0 saturated heterocycles. The second-order valence-electron chi connectivity index (χ2n) is 0.298. The van der Waals surface area contributed by atoms with Crippen molar-refractivity contribution in [1.82, 2.24) is 0 Å². The van der Waals surface area contributed by atoms with E-state index in [0.29, 0.717) is 0 Å². The SMILES string of the molecule is O=P[O-].O=P[O-].O=P[O-].O=P[O-].[Ti+4]. The van der Waals surface area contributed by atoms with Gasteiger partial charge >= 0.3 is 21.7 Å². The molecule has 0 heterocycles. The molecule has 0 bridgehead atoms. The Hall–Kier alpha value is 0.954. The van der Waals surface area contributed by atoms with Crippen molar-refractivity contribution in [2.75, 3.05) is 0 Å². The summed E-state index contributed by atoms with van der Waals surface area (Å²) >= 11 is 0. The summed E-state index contributed by atoms with van der Waals surface area (Å²) in [6.45, 7) is 0. The van der Waals surface area contributed by atoms with Gasteiger partial charge in [0.15, 0.2) is 0 Å². The Morgan fingerprint density at radius 1 is 0.538 bits per heavy atom. The third-order valence-electron chi connectivity index (χ3n) is 0. The molecule has 0 saturated carbocycles. The zero-order chi connectivity index (χ0) is 10.8. The van der Waals surface area contributed by atoms with Crippen LogP contribution in [-0.2, 0) is 40.0 Å². The molecule has 0 radical (unpaired) electrons. The normalized spacial score (nSPS) is 6.46. The average Bonchev–Trinajstić information content (AvgIpc) is 1.92. The Labute approximate surface area is 94.4 Å². The molecule has 0 rings (SSSR count). The molecule has 0 aromatic heterocycles. The molecule has 0 aliphatic heterocycles. The summed E-state index contributed by atoms with van der Waals surface area (Å²) in [5, 5.41) is 0. The maximum atomic E-state index is 8.35. The number of hydrogen-bond donors (Lipinski definition) is 0. The largest absolute Gasteiger partial charge is 4.00 e. The molecule has 72 valence electrons. The first-order valence-corrected chi connectivity index (χ1v) is 4.38. The first-order valence-electron chi connectivity index (χ1n) is 1.46. The van der Waals surface area contributed by atoms with E-state index < -0.39 is 34.7 Å². The minimum Gasteiger partial charge on any atom is -0.772 e. The molecule has 0 fully saturated rings. The van der Waals surface area contributed by atoms with E-state index in [0.717, 1.165) is 0 Å². The third kappa shape index (κ3) is 1710. The van der Waals surface area contributed by atoms with Crippen molar-refractivity contribution in [3.63, 3.8) is 0 Å². The Bertz CT molecular complexity index is 70.1. The minimum absolute atomic E-state index is 0. The molecule has 13 heteroatoms. The summed E-state index contributed by atoms with van der Waals surface area (Å²) in [7, 11) is -4.33. The van der Waals surface area contributed by atoms with Gasteiger partial charge in [-0.2, -0.15) is 0 Å². The molecule has 13 heavy (non-hydrogen) atoms. The van der Waals surface area contributed by atoms with Gasteiger partial charge in [0, 0.05) is 0 Å². The molecule has 8 nitrogen and oxygen atoms in total.